The maximum atomic E-state index is 13.1. The Morgan fingerprint density at radius 3 is 2.11 bits per heavy atom. The summed E-state index contributed by atoms with van der Waals surface area (Å²) in [6, 6.07) is 4.64. The van der Waals surface area contributed by atoms with Crippen LogP contribution in [0.3, 0.4) is 0 Å². The number of alkyl halides is 5. The Bertz CT molecular complexity index is 456. The molecule has 6 heteroatoms. The van der Waals surface area contributed by atoms with E-state index in [0.717, 1.165) is 12.1 Å². The van der Waals surface area contributed by atoms with Crippen LogP contribution in [-0.4, -0.2) is 5.92 Å². The van der Waals surface area contributed by atoms with Crippen molar-refractivity contribution >= 4 is 0 Å². The third-order valence-electron chi connectivity index (χ3n) is 3.64. The van der Waals surface area contributed by atoms with Gasteiger partial charge < -0.3 is 5.73 Å². The molecule has 1 saturated carbocycles. The average molecular weight is 279 g/mol. The van der Waals surface area contributed by atoms with Gasteiger partial charge in [-0.2, -0.15) is 13.2 Å². The number of rotatable bonds is 1. The Balaban J connectivity index is 2.27. The van der Waals surface area contributed by atoms with Crippen LogP contribution in [0.15, 0.2) is 24.3 Å². The van der Waals surface area contributed by atoms with Gasteiger partial charge in [0, 0.05) is 18.4 Å². The van der Waals surface area contributed by atoms with E-state index in [1.165, 1.54) is 12.1 Å². The first-order chi connectivity index (χ1) is 8.62. The highest BCUT2D eigenvalue weighted by molar-refractivity contribution is 5.31. The van der Waals surface area contributed by atoms with Gasteiger partial charge in [-0.25, -0.2) is 8.78 Å². The van der Waals surface area contributed by atoms with E-state index in [0.29, 0.717) is 0 Å². The van der Waals surface area contributed by atoms with Crippen molar-refractivity contribution in [2.75, 3.05) is 0 Å². The molecule has 1 aliphatic rings. The molecule has 0 amide bonds. The van der Waals surface area contributed by atoms with E-state index in [1.54, 1.807) is 0 Å². The molecule has 0 saturated heterocycles. The second kappa shape index (κ2) is 4.44. The first-order valence-corrected chi connectivity index (χ1v) is 5.97. The molecule has 106 valence electrons. The minimum absolute atomic E-state index is 0.0126. The van der Waals surface area contributed by atoms with Gasteiger partial charge in [-0.15, -0.1) is 0 Å². The van der Waals surface area contributed by atoms with Crippen molar-refractivity contribution in [2.45, 2.75) is 43.3 Å². The van der Waals surface area contributed by atoms with Crippen molar-refractivity contribution in [2.24, 2.45) is 5.73 Å². The van der Waals surface area contributed by atoms with Gasteiger partial charge in [0.15, 0.2) is 0 Å². The number of halogens is 5. The first-order valence-electron chi connectivity index (χ1n) is 5.97. The molecule has 0 radical (unpaired) electrons. The van der Waals surface area contributed by atoms with Gasteiger partial charge in [-0.3, -0.25) is 0 Å². The minimum Gasteiger partial charge on any atom is -0.321 e. The Morgan fingerprint density at radius 2 is 1.58 bits per heavy atom. The number of hydrogen-bond acceptors (Lipinski definition) is 1. The van der Waals surface area contributed by atoms with E-state index in [2.05, 4.69) is 0 Å². The summed E-state index contributed by atoms with van der Waals surface area (Å²) in [5.41, 5.74) is 4.40. The predicted octanol–water partition coefficient (Wildman–Crippen LogP) is 4.07. The van der Waals surface area contributed by atoms with E-state index < -0.39 is 23.2 Å². The van der Waals surface area contributed by atoms with E-state index >= 15 is 0 Å². The summed E-state index contributed by atoms with van der Waals surface area (Å²) in [5.74, 6) is -2.76. The Morgan fingerprint density at radius 1 is 1.00 bits per heavy atom. The van der Waals surface area contributed by atoms with Gasteiger partial charge >= 0.3 is 6.18 Å². The largest absolute Gasteiger partial charge is 0.416 e. The van der Waals surface area contributed by atoms with E-state index in [4.69, 9.17) is 5.73 Å². The van der Waals surface area contributed by atoms with Crippen LogP contribution < -0.4 is 5.73 Å². The molecule has 19 heavy (non-hydrogen) atoms. The molecular formula is C13H14F5N. The number of hydrogen-bond donors (Lipinski definition) is 1. The van der Waals surface area contributed by atoms with Gasteiger partial charge in [0.1, 0.15) is 0 Å². The Kier molecular flexibility index (Phi) is 3.33. The fraction of sp³-hybridized carbons (Fsp3) is 0.538. The van der Waals surface area contributed by atoms with Crippen LogP contribution in [-0.2, 0) is 11.7 Å². The lowest BCUT2D eigenvalue weighted by atomic mass is 9.76. The monoisotopic (exact) mass is 279 g/mol. The zero-order valence-corrected chi connectivity index (χ0v) is 10.1. The van der Waals surface area contributed by atoms with E-state index in [-0.39, 0.29) is 31.2 Å². The lowest BCUT2D eigenvalue weighted by Crippen LogP contribution is -2.43. The molecule has 0 aliphatic heterocycles. The summed E-state index contributed by atoms with van der Waals surface area (Å²) in [4.78, 5) is 0. The molecule has 0 bridgehead atoms. The second-order valence-electron chi connectivity index (χ2n) is 5.09. The Labute approximate surface area is 107 Å². The molecule has 0 unspecified atom stereocenters. The number of benzene rings is 1. The van der Waals surface area contributed by atoms with Crippen LogP contribution in [0.25, 0.3) is 0 Å². The molecular weight excluding hydrogens is 265 g/mol. The summed E-state index contributed by atoms with van der Waals surface area (Å²) in [6.45, 7) is 0. The van der Waals surface area contributed by atoms with Crippen molar-refractivity contribution in [3.63, 3.8) is 0 Å². The molecule has 1 aromatic rings. The van der Waals surface area contributed by atoms with Crippen molar-refractivity contribution in [3.05, 3.63) is 35.4 Å². The van der Waals surface area contributed by atoms with Crippen molar-refractivity contribution in [1.29, 1.82) is 0 Å². The lowest BCUT2D eigenvalue weighted by molar-refractivity contribution is -0.137. The van der Waals surface area contributed by atoms with Crippen LogP contribution >= 0.6 is 0 Å². The molecule has 0 heterocycles. The quantitative estimate of drug-likeness (QED) is 0.770. The molecule has 0 atom stereocenters. The van der Waals surface area contributed by atoms with Crippen LogP contribution in [0.1, 0.15) is 36.8 Å². The van der Waals surface area contributed by atoms with Gasteiger partial charge in [0.25, 0.3) is 0 Å². The SMILES string of the molecule is NC1(c2cccc(C(F)(F)F)c2)CCC(F)(F)CC1. The number of nitrogens with two attached hydrogens (primary N) is 1. The zero-order valence-electron chi connectivity index (χ0n) is 10.1. The predicted molar refractivity (Wildman–Crippen MR) is 60.7 cm³/mol. The average Bonchev–Trinajstić information content (AvgIpc) is 2.33. The summed E-state index contributed by atoms with van der Waals surface area (Å²) in [7, 11) is 0. The van der Waals surface area contributed by atoms with Gasteiger partial charge in [-0.05, 0) is 30.5 Å². The first kappa shape index (κ1) is 14.2. The fourth-order valence-electron chi connectivity index (χ4n) is 2.36. The molecule has 1 aliphatic carbocycles. The normalized spacial score (nSPS) is 22.2. The second-order valence-corrected chi connectivity index (χ2v) is 5.09. The summed E-state index contributed by atoms with van der Waals surface area (Å²) in [6.07, 6.45) is -5.26. The van der Waals surface area contributed by atoms with Crippen LogP contribution in [0.5, 0.6) is 0 Å². The summed E-state index contributed by atoms with van der Waals surface area (Å²) >= 11 is 0. The van der Waals surface area contributed by atoms with Crippen molar-refractivity contribution in [3.8, 4) is 0 Å². The van der Waals surface area contributed by atoms with Crippen LogP contribution in [0, 0.1) is 0 Å². The van der Waals surface area contributed by atoms with Crippen LogP contribution in [0.4, 0.5) is 22.0 Å². The maximum absolute atomic E-state index is 13.1. The molecule has 1 fully saturated rings. The lowest BCUT2D eigenvalue weighted by Gasteiger charge is -2.37. The van der Waals surface area contributed by atoms with Crippen molar-refractivity contribution in [1.82, 2.24) is 0 Å². The highest BCUT2D eigenvalue weighted by atomic mass is 19.4. The summed E-state index contributed by atoms with van der Waals surface area (Å²) < 4.78 is 64.1. The molecule has 1 aromatic carbocycles. The molecule has 1 nitrogen and oxygen atoms in total. The molecule has 0 spiro atoms. The fourth-order valence-corrected chi connectivity index (χ4v) is 2.36. The molecule has 2 rings (SSSR count). The zero-order chi connectivity index (χ0) is 14.3. The summed E-state index contributed by atoms with van der Waals surface area (Å²) in [5, 5.41) is 0. The van der Waals surface area contributed by atoms with E-state index in [9.17, 15) is 22.0 Å². The van der Waals surface area contributed by atoms with Gasteiger partial charge in [0.2, 0.25) is 5.92 Å². The maximum Gasteiger partial charge on any atom is 0.416 e. The third kappa shape index (κ3) is 3.05. The third-order valence-corrected chi connectivity index (χ3v) is 3.64. The topological polar surface area (TPSA) is 26.0 Å². The molecule has 0 aromatic heterocycles. The highest BCUT2D eigenvalue weighted by Gasteiger charge is 2.42. The molecule has 2 N–H and O–H groups in total. The van der Waals surface area contributed by atoms with Crippen LogP contribution in [0.2, 0.25) is 0 Å². The smallest absolute Gasteiger partial charge is 0.321 e. The van der Waals surface area contributed by atoms with Gasteiger partial charge in [0.05, 0.1) is 5.56 Å². The van der Waals surface area contributed by atoms with Gasteiger partial charge in [-0.1, -0.05) is 12.1 Å². The Hall–Kier alpha value is -1.17. The minimum atomic E-state index is -4.45. The standard InChI is InChI=1S/C13H14F5N/c14-12(15)6-4-11(19,5-7-12)9-2-1-3-10(8-9)13(16,17)18/h1-3,8H,4-7,19H2. The van der Waals surface area contributed by atoms with Crippen molar-refractivity contribution < 1.29 is 22.0 Å². The van der Waals surface area contributed by atoms with E-state index in [1.807, 2.05) is 0 Å². The highest BCUT2D eigenvalue weighted by Crippen LogP contribution is 2.43.